The number of rotatable bonds is 7. The maximum atomic E-state index is 11.1. The highest BCUT2D eigenvalue weighted by Crippen LogP contribution is 1.81. The maximum Gasteiger partial charge on any atom is 0.319 e. The van der Waals surface area contributed by atoms with Crippen LogP contribution in [0.4, 0.5) is 0 Å². The summed E-state index contributed by atoms with van der Waals surface area (Å²) in [6, 6.07) is 0. The van der Waals surface area contributed by atoms with E-state index in [4.69, 9.17) is 0 Å². The molecule has 0 aliphatic heterocycles. The van der Waals surface area contributed by atoms with Crippen molar-refractivity contribution in [3.05, 3.63) is 0 Å². The van der Waals surface area contributed by atoms with Gasteiger partial charge in [-0.2, -0.15) is 0 Å². The van der Waals surface area contributed by atoms with Gasteiger partial charge in [0.15, 0.2) is 0 Å². The molecule has 0 atom stereocenters. The minimum atomic E-state index is -0.369. The number of hydrogen-bond acceptors (Lipinski definition) is 4. The van der Waals surface area contributed by atoms with Crippen LogP contribution in [0, 0.1) is 0 Å². The highest BCUT2D eigenvalue weighted by Gasteiger charge is 2.02. The number of nitrogens with one attached hydrogen (secondary N) is 2. The van der Waals surface area contributed by atoms with E-state index in [-0.39, 0.29) is 25.0 Å². The Morgan fingerprint density at radius 3 is 2.57 bits per heavy atom. The van der Waals surface area contributed by atoms with Gasteiger partial charge in [0.2, 0.25) is 5.91 Å². The lowest BCUT2D eigenvalue weighted by Crippen LogP contribution is -2.36. The Bertz CT molecular complexity index is 183. The highest BCUT2D eigenvalue weighted by molar-refractivity contribution is 5.79. The zero-order chi connectivity index (χ0) is 10.8. The Kier molecular flexibility index (Phi) is 7.83. The van der Waals surface area contributed by atoms with Gasteiger partial charge in [-0.3, -0.25) is 14.9 Å². The maximum absolute atomic E-state index is 11.1. The van der Waals surface area contributed by atoms with E-state index < -0.39 is 0 Å². The second-order valence-electron chi connectivity index (χ2n) is 2.88. The summed E-state index contributed by atoms with van der Waals surface area (Å²) >= 11 is 0. The molecular weight excluding hydrogens is 184 g/mol. The summed E-state index contributed by atoms with van der Waals surface area (Å²) < 4.78 is 4.40. The molecule has 0 rings (SSSR count). The SMILES string of the molecule is CCCCNC(=O)CNCC(=O)OC. The van der Waals surface area contributed by atoms with E-state index in [9.17, 15) is 9.59 Å². The van der Waals surface area contributed by atoms with Gasteiger partial charge >= 0.3 is 5.97 Å². The first-order valence-electron chi connectivity index (χ1n) is 4.75. The molecule has 0 aromatic heterocycles. The zero-order valence-corrected chi connectivity index (χ0v) is 8.76. The number of ether oxygens (including phenoxy) is 1. The molecule has 5 heteroatoms. The van der Waals surface area contributed by atoms with Crippen LogP contribution in [0.2, 0.25) is 0 Å². The molecular formula is C9H18N2O3. The molecule has 1 amide bonds. The van der Waals surface area contributed by atoms with Crippen LogP contribution < -0.4 is 10.6 Å². The van der Waals surface area contributed by atoms with E-state index in [2.05, 4.69) is 22.3 Å². The zero-order valence-electron chi connectivity index (χ0n) is 8.76. The summed E-state index contributed by atoms with van der Waals surface area (Å²) in [5.74, 6) is -0.464. The Morgan fingerprint density at radius 1 is 1.29 bits per heavy atom. The molecule has 5 nitrogen and oxygen atoms in total. The molecule has 0 saturated carbocycles. The van der Waals surface area contributed by atoms with Gasteiger partial charge in [0.25, 0.3) is 0 Å². The third kappa shape index (κ3) is 7.54. The topological polar surface area (TPSA) is 67.4 Å². The monoisotopic (exact) mass is 202 g/mol. The van der Waals surface area contributed by atoms with Crippen molar-refractivity contribution in [2.75, 3.05) is 26.7 Å². The fraction of sp³-hybridized carbons (Fsp3) is 0.778. The summed E-state index contributed by atoms with van der Waals surface area (Å²) in [6.45, 7) is 2.97. The van der Waals surface area contributed by atoms with Crippen molar-refractivity contribution in [1.82, 2.24) is 10.6 Å². The Labute approximate surface area is 84.2 Å². The fourth-order valence-electron chi connectivity index (χ4n) is 0.817. The van der Waals surface area contributed by atoms with Crippen LogP contribution in [-0.4, -0.2) is 38.6 Å². The highest BCUT2D eigenvalue weighted by atomic mass is 16.5. The minimum Gasteiger partial charge on any atom is -0.468 e. The van der Waals surface area contributed by atoms with Crippen molar-refractivity contribution >= 4 is 11.9 Å². The van der Waals surface area contributed by atoms with Crippen LogP contribution in [-0.2, 0) is 14.3 Å². The van der Waals surface area contributed by atoms with Crippen LogP contribution in [0.15, 0.2) is 0 Å². The van der Waals surface area contributed by atoms with Gasteiger partial charge < -0.3 is 10.1 Å². The molecule has 0 aliphatic carbocycles. The van der Waals surface area contributed by atoms with E-state index in [0.717, 1.165) is 12.8 Å². The van der Waals surface area contributed by atoms with Gasteiger partial charge in [-0.05, 0) is 6.42 Å². The summed E-state index contributed by atoms with van der Waals surface area (Å²) in [5, 5.41) is 5.40. The predicted molar refractivity (Wildman–Crippen MR) is 52.8 cm³/mol. The molecule has 0 unspecified atom stereocenters. The van der Waals surface area contributed by atoms with Crippen LogP contribution in [0.5, 0.6) is 0 Å². The van der Waals surface area contributed by atoms with E-state index in [1.807, 2.05) is 0 Å². The number of esters is 1. The summed E-state index contributed by atoms with van der Waals surface area (Å²) in [5.41, 5.74) is 0. The van der Waals surface area contributed by atoms with Gasteiger partial charge in [-0.25, -0.2) is 0 Å². The largest absolute Gasteiger partial charge is 0.468 e. The molecule has 14 heavy (non-hydrogen) atoms. The number of hydrogen-bond donors (Lipinski definition) is 2. The van der Waals surface area contributed by atoms with Crippen molar-refractivity contribution in [1.29, 1.82) is 0 Å². The lowest BCUT2D eigenvalue weighted by molar-refractivity contribution is -0.139. The van der Waals surface area contributed by atoms with E-state index in [1.54, 1.807) is 0 Å². The van der Waals surface area contributed by atoms with Crippen molar-refractivity contribution in [2.24, 2.45) is 0 Å². The van der Waals surface area contributed by atoms with E-state index >= 15 is 0 Å². The smallest absolute Gasteiger partial charge is 0.319 e. The fourth-order valence-corrected chi connectivity index (χ4v) is 0.817. The van der Waals surface area contributed by atoms with Crippen molar-refractivity contribution in [2.45, 2.75) is 19.8 Å². The summed E-state index contributed by atoms with van der Waals surface area (Å²) in [4.78, 5) is 21.7. The third-order valence-electron chi connectivity index (χ3n) is 1.64. The van der Waals surface area contributed by atoms with E-state index in [1.165, 1.54) is 7.11 Å². The van der Waals surface area contributed by atoms with Gasteiger partial charge in [-0.1, -0.05) is 13.3 Å². The van der Waals surface area contributed by atoms with Gasteiger partial charge in [0.1, 0.15) is 0 Å². The Balaban J connectivity index is 3.31. The molecule has 0 aliphatic rings. The molecule has 0 heterocycles. The lowest BCUT2D eigenvalue weighted by atomic mass is 10.3. The normalized spacial score (nSPS) is 9.57. The first-order chi connectivity index (χ1) is 6.70. The number of amides is 1. The summed E-state index contributed by atoms with van der Waals surface area (Å²) in [6.07, 6.45) is 2.03. The first-order valence-corrected chi connectivity index (χ1v) is 4.75. The molecule has 0 spiro atoms. The van der Waals surface area contributed by atoms with Crippen molar-refractivity contribution < 1.29 is 14.3 Å². The van der Waals surface area contributed by atoms with Crippen molar-refractivity contribution in [3.63, 3.8) is 0 Å². The number of carbonyl (C=O) groups is 2. The molecule has 82 valence electrons. The van der Waals surface area contributed by atoms with Crippen LogP contribution in [0.1, 0.15) is 19.8 Å². The Morgan fingerprint density at radius 2 is 2.00 bits per heavy atom. The van der Waals surface area contributed by atoms with Gasteiger partial charge in [-0.15, -0.1) is 0 Å². The molecule has 0 radical (unpaired) electrons. The molecule has 0 aromatic rings. The second-order valence-corrected chi connectivity index (χ2v) is 2.88. The minimum absolute atomic E-state index is 0.0672. The van der Waals surface area contributed by atoms with Crippen LogP contribution in [0.3, 0.4) is 0 Å². The van der Waals surface area contributed by atoms with Crippen LogP contribution in [0.25, 0.3) is 0 Å². The quantitative estimate of drug-likeness (QED) is 0.438. The molecule has 0 bridgehead atoms. The average Bonchev–Trinajstić information content (AvgIpc) is 2.18. The predicted octanol–water partition coefficient (Wildman–Crippen LogP) is -0.335. The molecule has 0 saturated heterocycles. The lowest BCUT2D eigenvalue weighted by Gasteiger charge is -2.04. The number of methoxy groups -OCH3 is 1. The van der Waals surface area contributed by atoms with Gasteiger partial charge in [0.05, 0.1) is 20.2 Å². The second kappa shape index (κ2) is 8.50. The third-order valence-corrected chi connectivity index (χ3v) is 1.64. The standard InChI is InChI=1S/C9H18N2O3/c1-3-4-5-11-8(12)6-10-7-9(13)14-2/h10H,3-7H2,1-2H3,(H,11,12). The first kappa shape index (κ1) is 12.9. The summed E-state index contributed by atoms with van der Waals surface area (Å²) in [7, 11) is 1.31. The molecule has 0 aromatic carbocycles. The number of carbonyl (C=O) groups excluding carboxylic acids is 2. The number of unbranched alkanes of at least 4 members (excludes halogenated alkanes) is 1. The van der Waals surface area contributed by atoms with Gasteiger partial charge in [0, 0.05) is 6.54 Å². The van der Waals surface area contributed by atoms with E-state index in [0.29, 0.717) is 6.54 Å². The molecule has 2 N–H and O–H groups in total. The van der Waals surface area contributed by atoms with Crippen molar-refractivity contribution in [3.8, 4) is 0 Å². The molecule has 0 fully saturated rings. The average molecular weight is 202 g/mol. The Hall–Kier alpha value is -1.10. The van der Waals surface area contributed by atoms with Crippen LogP contribution >= 0.6 is 0 Å².